The van der Waals surface area contributed by atoms with Gasteiger partial charge in [0.2, 0.25) is 5.91 Å². The Kier molecular flexibility index (Phi) is 6.22. The van der Waals surface area contributed by atoms with Crippen LogP contribution in [0.4, 0.5) is 0 Å². The first-order valence-electron chi connectivity index (χ1n) is 8.52. The molecule has 7 heteroatoms. The van der Waals surface area contributed by atoms with Gasteiger partial charge in [0.05, 0.1) is 18.7 Å². The molecule has 1 saturated heterocycles. The molecule has 0 aliphatic carbocycles. The van der Waals surface area contributed by atoms with Crippen molar-refractivity contribution < 1.29 is 23.5 Å². The number of likely N-dealkylation sites (tertiary alicyclic amines) is 1. The average Bonchev–Trinajstić information content (AvgIpc) is 3.10. The Labute approximate surface area is 147 Å². The number of ether oxygens (including phenoxy) is 1. The molecule has 25 heavy (non-hydrogen) atoms. The summed E-state index contributed by atoms with van der Waals surface area (Å²) < 4.78 is 10.2. The zero-order valence-corrected chi connectivity index (χ0v) is 15.0. The van der Waals surface area contributed by atoms with Crippen LogP contribution in [-0.4, -0.2) is 42.4 Å². The van der Waals surface area contributed by atoms with E-state index in [-0.39, 0.29) is 36.9 Å². The summed E-state index contributed by atoms with van der Waals surface area (Å²) in [5.41, 5.74) is -0.417. The standard InChI is InChI=1S/C18H26N2O5/c1-18(2,3)17(23)20-8-6-13(7-9-20)16(22)25-12-15(21)19-11-14-5-4-10-24-14/h4-5,10,13H,6-9,11-12H2,1-3H3,(H,19,21). The highest BCUT2D eigenvalue weighted by molar-refractivity contribution is 5.83. The molecule has 0 bridgehead atoms. The molecule has 0 unspecified atom stereocenters. The van der Waals surface area contributed by atoms with Gasteiger partial charge in [0.1, 0.15) is 5.76 Å². The van der Waals surface area contributed by atoms with Gasteiger partial charge >= 0.3 is 5.97 Å². The minimum atomic E-state index is -0.417. The van der Waals surface area contributed by atoms with Gasteiger partial charge in [0.25, 0.3) is 5.91 Å². The zero-order chi connectivity index (χ0) is 18.4. The SMILES string of the molecule is CC(C)(C)C(=O)N1CCC(C(=O)OCC(=O)NCc2ccco2)CC1. The fourth-order valence-electron chi connectivity index (χ4n) is 2.70. The van der Waals surface area contributed by atoms with Crippen LogP contribution in [0.2, 0.25) is 0 Å². The normalized spacial score (nSPS) is 15.7. The summed E-state index contributed by atoms with van der Waals surface area (Å²) >= 11 is 0. The van der Waals surface area contributed by atoms with Crippen molar-refractivity contribution in [2.45, 2.75) is 40.2 Å². The first-order chi connectivity index (χ1) is 11.8. The summed E-state index contributed by atoms with van der Waals surface area (Å²) in [5, 5.41) is 2.62. The van der Waals surface area contributed by atoms with E-state index in [1.54, 1.807) is 17.0 Å². The van der Waals surface area contributed by atoms with Gasteiger partial charge in [-0.3, -0.25) is 14.4 Å². The average molecular weight is 350 g/mol. The molecule has 2 heterocycles. The maximum Gasteiger partial charge on any atom is 0.309 e. The van der Waals surface area contributed by atoms with Crippen LogP contribution >= 0.6 is 0 Å². The minimum absolute atomic E-state index is 0.0941. The van der Waals surface area contributed by atoms with E-state index >= 15 is 0 Å². The predicted octanol–water partition coefficient (Wildman–Crippen LogP) is 1.72. The third kappa shape index (κ3) is 5.62. The van der Waals surface area contributed by atoms with Crippen LogP contribution in [0.5, 0.6) is 0 Å². The van der Waals surface area contributed by atoms with Crippen LogP contribution in [0.3, 0.4) is 0 Å². The molecule has 0 atom stereocenters. The number of hydrogen-bond donors (Lipinski definition) is 1. The van der Waals surface area contributed by atoms with E-state index in [0.717, 1.165) is 0 Å². The van der Waals surface area contributed by atoms with E-state index in [4.69, 9.17) is 9.15 Å². The fourth-order valence-corrected chi connectivity index (χ4v) is 2.70. The van der Waals surface area contributed by atoms with Crippen LogP contribution in [0.25, 0.3) is 0 Å². The molecule has 1 aromatic heterocycles. The highest BCUT2D eigenvalue weighted by atomic mass is 16.5. The van der Waals surface area contributed by atoms with Crippen LogP contribution in [0.1, 0.15) is 39.4 Å². The van der Waals surface area contributed by atoms with Crippen molar-refractivity contribution in [3.8, 4) is 0 Å². The van der Waals surface area contributed by atoms with Crippen LogP contribution in [0, 0.1) is 11.3 Å². The molecule has 1 fully saturated rings. The van der Waals surface area contributed by atoms with Crippen LogP contribution in [-0.2, 0) is 25.7 Å². The third-order valence-electron chi connectivity index (χ3n) is 4.14. The number of esters is 1. The molecule has 7 nitrogen and oxygen atoms in total. The summed E-state index contributed by atoms with van der Waals surface area (Å²) in [4.78, 5) is 37.8. The van der Waals surface area contributed by atoms with E-state index in [1.165, 1.54) is 6.26 Å². The lowest BCUT2D eigenvalue weighted by molar-refractivity contribution is -0.155. The highest BCUT2D eigenvalue weighted by Gasteiger charge is 2.33. The maximum atomic E-state index is 12.2. The number of carbonyl (C=O) groups is 3. The van der Waals surface area contributed by atoms with Crippen molar-refractivity contribution in [1.82, 2.24) is 10.2 Å². The molecular formula is C18H26N2O5. The highest BCUT2D eigenvalue weighted by Crippen LogP contribution is 2.24. The number of furan rings is 1. The lowest BCUT2D eigenvalue weighted by Gasteiger charge is -2.34. The number of nitrogens with one attached hydrogen (secondary N) is 1. The van der Waals surface area contributed by atoms with E-state index < -0.39 is 5.41 Å². The first kappa shape index (κ1) is 19.0. The van der Waals surface area contributed by atoms with E-state index in [0.29, 0.717) is 31.7 Å². The van der Waals surface area contributed by atoms with Crippen molar-refractivity contribution in [3.05, 3.63) is 24.2 Å². The van der Waals surface area contributed by atoms with E-state index in [9.17, 15) is 14.4 Å². The van der Waals surface area contributed by atoms with Crippen molar-refractivity contribution in [1.29, 1.82) is 0 Å². The van der Waals surface area contributed by atoms with Gasteiger partial charge in [-0.2, -0.15) is 0 Å². The summed E-state index contributed by atoms with van der Waals surface area (Å²) in [6.07, 6.45) is 2.65. The largest absolute Gasteiger partial charge is 0.467 e. The summed E-state index contributed by atoms with van der Waals surface area (Å²) in [7, 11) is 0. The molecule has 1 aliphatic rings. The number of rotatable bonds is 5. The van der Waals surface area contributed by atoms with Gasteiger partial charge < -0.3 is 19.4 Å². The smallest absolute Gasteiger partial charge is 0.309 e. The monoisotopic (exact) mass is 350 g/mol. The lowest BCUT2D eigenvalue weighted by atomic mass is 9.91. The van der Waals surface area contributed by atoms with Crippen molar-refractivity contribution in [2.75, 3.05) is 19.7 Å². The molecule has 0 saturated carbocycles. The molecule has 0 radical (unpaired) electrons. The molecule has 0 aromatic carbocycles. The molecule has 2 rings (SSSR count). The Balaban J connectivity index is 1.68. The Morgan fingerprint density at radius 2 is 1.96 bits per heavy atom. The predicted molar refractivity (Wildman–Crippen MR) is 90.3 cm³/mol. The molecule has 0 spiro atoms. The van der Waals surface area contributed by atoms with Gasteiger partial charge in [-0.1, -0.05) is 20.8 Å². The summed E-state index contributed by atoms with van der Waals surface area (Å²) in [5.74, 6) is -0.282. The second-order valence-electron chi connectivity index (χ2n) is 7.28. The number of amides is 2. The number of carbonyl (C=O) groups excluding carboxylic acids is 3. The molecule has 1 aliphatic heterocycles. The number of piperidine rings is 1. The third-order valence-corrected chi connectivity index (χ3v) is 4.14. The topological polar surface area (TPSA) is 88.8 Å². The summed E-state index contributed by atoms with van der Waals surface area (Å²) in [6, 6.07) is 3.48. The second-order valence-corrected chi connectivity index (χ2v) is 7.28. The van der Waals surface area contributed by atoms with Gasteiger partial charge in [0, 0.05) is 18.5 Å². The molecular weight excluding hydrogens is 324 g/mol. The summed E-state index contributed by atoms with van der Waals surface area (Å²) in [6.45, 7) is 6.70. The van der Waals surface area contributed by atoms with Gasteiger partial charge in [-0.15, -0.1) is 0 Å². The van der Waals surface area contributed by atoms with E-state index in [1.807, 2.05) is 20.8 Å². The van der Waals surface area contributed by atoms with Gasteiger partial charge in [0.15, 0.2) is 6.61 Å². The number of hydrogen-bond acceptors (Lipinski definition) is 5. The maximum absolute atomic E-state index is 12.2. The minimum Gasteiger partial charge on any atom is -0.467 e. The Bertz CT molecular complexity index is 595. The van der Waals surface area contributed by atoms with Gasteiger partial charge in [-0.05, 0) is 25.0 Å². The molecule has 2 amide bonds. The van der Waals surface area contributed by atoms with Crippen molar-refractivity contribution >= 4 is 17.8 Å². The zero-order valence-electron chi connectivity index (χ0n) is 15.0. The number of nitrogens with zero attached hydrogens (tertiary/aromatic N) is 1. The lowest BCUT2D eigenvalue weighted by Crippen LogP contribution is -2.45. The Morgan fingerprint density at radius 1 is 1.28 bits per heavy atom. The second kappa shape index (κ2) is 8.18. The first-order valence-corrected chi connectivity index (χ1v) is 8.52. The van der Waals surface area contributed by atoms with Crippen LogP contribution in [0.15, 0.2) is 22.8 Å². The fraction of sp³-hybridized carbons (Fsp3) is 0.611. The Morgan fingerprint density at radius 3 is 2.52 bits per heavy atom. The molecule has 1 N–H and O–H groups in total. The molecule has 1 aromatic rings. The van der Waals surface area contributed by atoms with Crippen molar-refractivity contribution in [2.24, 2.45) is 11.3 Å². The quantitative estimate of drug-likeness (QED) is 0.817. The van der Waals surface area contributed by atoms with Crippen molar-refractivity contribution in [3.63, 3.8) is 0 Å². The Hall–Kier alpha value is -2.31. The molecule has 138 valence electrons. The van der Waals surface area contributed by atoms with Gasteiger partial charge in [-0.25, -0.2) is 0 Å². The van der Waals surface area contributed by atoms with Crippen LogP contribution < -0.4 is 5.32 Å². The van der Waals surface area contributed by atoms with E-state index in [2.05, 4.69) is 5.32 Å².